The number of rotatable bonds is 30. The highest BCUT2D eigenvalue weighted by Crippen LogP contribution is 2.22. The summed E-state index contributed by atoms with van der Waals surface area (Å²) in [5, 5.41) is 19.4. The number of carbonyl (C=O) groups excluding carboxylic acids is 8. The molecular formula is C50H76N10O9. The normalized spacial score (nSPS) is 13.0. The quantitative estimate of drug-likeness (QED) is 0.0506. The lowest BCUT2D eigenvalue weighted by atomic mass is 10.0. The summed E-state index contributed by atoms with van der Waals surface area (Å²) in [6.45, 7) is 11.6. The van der Waals surface area contributed by atoms with Crippen LogP contribution in [0, 0.1) is 11.8 Å². The number of hydrogen-bond acceptors (Lipinski definition) is 10. The molecule has 0 saturated carbocycles. The molecule has 3 aromatic rings. The zero-order chi connectivity index (χ0) is 51.2. The van der Waals surface area contributed by atoms with Gasteiger partial charge in [-0.3, -0.25) is 38.4 Å². The number of amides is 8. The van der Waals surface area contributed by atoms with E-state index in [-0.39, 0.29) is 120 Å². The third-order valence-electron chi connectivity index (χ3n) is 11.9. The molecule has 8 amide bonds. The first-order chi connectivity index (χ1) is 32.9. The molecule has 0 saturated heterocycles. The van der Waals surface area contributed by atoms with Crippen LogP contribution in [-0.2, 0) is 51.2 Å². The van der Waals surface area contributed by atoms with E-state index in [0.717, 1.165) is 22.0 Å². The predicted octanol–water partition coefficient (Wildman–Crippen LogP) is 1.46. The molecule has 19 nitrogen and oxygen atoms in total. The van der Waals surface area contributed by atoms with E-state index >= 15 is 0 Å². The van der Waals surface area contributed by atoms with Gasteiger partial charge in [0.1, 0.15) is 24.2 Å². The zero-order valence-electron chi connectivity index (χ0n) is 41.5. The summed E-state index contributed by atoms with van der Waals surface area (Å²) in [6, 6.07) is 12.6. The van der Waals surface area contributed by atoms with Crippen molar-refractivity contribution in [1.82, 2.24) is 40.5 Å². The van der Waals surface area contributed by atoms with E-state index in [1.165, 1.54) is 19.6 Å². The zero-order valence-corrected chi connectivity index (χ0v) is 41.5. The Morgan fingerprint density at radius 3 is 1.70 bits per heavy atom. The number of nitrogens with two attached hydrogens (primary N) is 2. The minimum Gasteiger partial charge on any atom is -0.396 e. The highest BCUT2D eigenvalue weighted by molar-refractivity contribution is 5.91. The van der Waals surface area contributed by atoms with Gasteiger partial charge in [-0.1, -0.05) is 90.1 Å². The fourth-order valence-electron chi connectivity index (χ4n) is 8.41. The molecular weight excluding hydrogens is 885 g/mol. The summed E-state index contributed by atoms with van der Waals surface area (Å²) in [6.07, 6.45) is 1.97. The lowest BCUT2D eigenvalue weighted by molar-refractivity contribution is -0.142. The highest BCUT2D eigenvalue weighted by atomic mass is 16.3. The molecule has 0 bridgehead atoms. The van der Waals surface area contributed by atoms with Gasteiger partial charge in [-0.25, -0.2) is 0 Å². The fraction of sp³-hybridized carbons (Fsp3) is 0.560. The Bertz CT molecular complexity index is 2160. The van der Waals surface area contributed by atoms with Crippen molar-refractivity contribution < 1.29 is 43.5 Å². The van der Waals surface area contributed by atoms with E-state index < -0.39 is 60.3 Å². The second-order valence-corrected chi connectivity index (χ2v) is 17.8. The van der Waals surface area contributed by atoms with Crippen LogP contribution in [0.1, 0.15) is 85.3 Å². The second-order valence-electron chi connectivity index (χ2n) is 17.8. The van der Waals surface area contributed by atoms with Crippen LogP contribution in [0.4, 0.5) is 0 Å². The Kier molecular flexibility index (Phi) is 23.8. The highest BCUT2D eigenvalue weighted by Gasteiger charge is 2.35. The molecule has 69 heavy (non-hydrogen) atoms. The van der Waals surface area contributed by atoms with Gasteiger partial charge >= 0.3 is 0 Å². The number of nitrogens with zero attached hydrogens (tertiary/aromatic N) is 4. The summed E-state index contributed by atoms with van der Waals surface area (Å²) in [4.78, 5) is 117. The topological polar surface area (TPSA) is 274 Å². The number of benzene rings is 2. The Morgan fingerprint density at radius 2 is 1.16 bits per heavy atom. The minimum absolute atomic E-state index is 0.0264. The smallest absolute Gasteiger partial charge is 0.243 e. The van der Waals surface area contributed by atoms with Crippen molar-refractivity contribution >= 4 is 58.2 Å². The molecule has 0 aliphatic rings. The molecule has 0 spiro atoms. The van der Waals surface area contributed by atoms with Gasteiger partial charge in [-0.15, -0.1) is 0 Å². The van der Waals surface area contributed by atoms with Gasteiger partial charge in [0, 0.05) is 108 Å². The van der Waals surface area contributed by atoms with Crippen molar-refractivity contribution in [2.45, 2.75) is 111 Å². The van der Waals surface area contributed by atoms with E-state index in [2.05, 4.69) is 20.9 Å². The Hall–Kier alpha value is -6.34. The number of aromatic amines is 1. The van der Waals surface area contributed by atoms with Gasteiger partial charge in [0.25, 0.3) is 0 Å². The number of hydrogen-bond donors (Lipinski definition) is 7. The van der Waals surface area contributed by atoms with E-state index in [1.54, 1.807) is 40.8 Å². The monoisotopic (exact) mass is 961 g/mol. The van der Waals surface area contributed by atoms with Crippen molar-refractivity contribution in [1.29, 1.82) is 0 Å². The molecule has 0 aliphatic heterocycles. The van der Waals surface area contributed by atoms with Gasteiger partial charge in [-0.05, 0) is 36.0 Å². The summed E-state index contributed by atoms with van der Waals surface area (Å²) in [5.41, 5.74) is 13.8. The lowest BCUT2D eigenvalue weighted by Crippen LogP contribution is -2.56. The number of H-pyrrole nitrogens is 1. The molecule has 1 aromatic heterocycles. The maximum absolute atomic E-state index is 14.4. The summed E-state index contributed by atoms with van der Waals surface area (Å²) >= 11 is 0. The molecule has 0 radical (unpaired) electrons. The largest absolute Gasteiger partial charge is 0.396 e. The third-order valence-corrected chi connectivity index (χ3v) is 11.9. The molecule has 0 aliphatic carbocycles. The summed E-state index contributed by atoms with van der Waals surface area (Å²) in [7, 11) is 0. The van der Waals surface area contributed by atoms with Crippen LogP contribution < -0.4 is 27.4 Å². The van der Waals surface area contributed by atoms with Crippen LogP contribution in [0.15, 0.2) is 60.8 Å². The Morgan fingerprint density at radius 1 is 0.638 bits per heavy atom. The average molecular weight is 961 g/mol. The maximum Gasteiger partial charge on any atom is 0.243 e. The van der Waals surface area contributed by atoms with Gasteiger partial charge in [0.05, 0.1) is 6.61 Å². The fourth-order valence-corrected chi connectivity index (χ4v) is 8.41. The van der Waals surface area contributed by atoms with Gasteiger partial charge in [0.2, 0.25) is 47.3 Å². The first-order valence-corrected chi connectivity index (χ1v) is 24.1. The number of aromatic nitrogens is 1. The van der Waals surface area contributed by atoms with Crippen molar-refractivity contribution in [2.75, 3.05) is 59.0 Å². The first kappa shape index (κ1) is 57.0. The Balaban J connectivity index is 1.92. The molecule has 3 rings (SSSR count). The summed E-state index contributed by atoms with van der Waals surface area (Å²) < 4.78 is 0. The maximum atomic E-state index is 14.4. The van der Waals surface area contributed by atoms with Gasteiger partial charge < -0.3 is 57.1 Å². The van der Waals surface area contributed by atoms with Crippen LogP contribution in [0.25, 0.3) is 10.9 Å². The van der Waals surface area contributed by atoms with E-state index in [9.17, 15) is 43.5 Å². The SMILES string of the molecule is CCC(=O)N(CCNC(=O)[C@H](Cc1c[nH]c2ccccc12)N(CCNC(=O)[C@H](Cc1ccccc1)N(CCNC(=O)[C@H](C)N(CCN)C(=O)CC(C)C)C(=O)CC)C(=O)CCO)[C@H](C(N)=O)C(C)C. The van der Waals surface area contributed by atoms with Crippen LogP contribution in [-0.4, -0.2) is 160 Å². The van der Waals surface area contributed by atoms with E-state index in [1.807, 2.05) is 68.4 Å². The van der Waals surface area contributed by atoms with Crippen molar-refractivity contribution in [3.05, 3.63) is 71.9 Å². The molecule has 9 N–H and O–H groups in total. The van der Waals surface area contributed by atoms with Crippen molar-refractivity contribution in [3.63, 3.8) is 0 Å². The number of aliphatic hydroxyl groups excluding tert-OH is 1. The minimum atomic E-state index is -1.17. The van der Waals surface area contributed by atoms with Crippen LogP contribution >= 0.6 is 0 Å². The van der Waals surface area contributed by atoms with Gasteiger partial charge in [-0.2, -0.15) is 0 Å². The van der Waals surface area contributed by atoms with Gasteiger partial charge in [0.15, 0.2) is 0 Å². The number of fused-ring (bicyclic) bond motifs is 1. The number of para-hydroxylation sites is 1. The predicted molar refractivity (Wildman–Crippen MR) is 264 cm³/mol. The molecule has 380 valence electrons. The van der Waals surface area contributed by atoms with E-state index in [0.29, 0.717) is 0 Å². The van der Waals surface area contributed by atoms with Crippen LogP contribution in [0.2, 0.25) is 0 Å². The van der Waals surface area contributed by atoms with E-state index in [4.69, 9.17) is 11.5 Å². The first-order valence-electron chi connectivity index (χ1n) is 24.1. The number of primary amides is 1. The molecule has 19 heteroatoms. The lowest BCUT2D eigenvalue weighted by Gasteiger charge is -2.34. The Labute approximate surface area is 406 Å². The standard InChI is InChI=1S/C50H76N10O9/c1-8-42(62)58(25-21-53-48(67)35(7)57(24-20-51)45(65)29-33(3)4)40(30-36-15-11-10-12-16-36)49(68)54-22-26-59(44(64)19-28-61)41(31-37-32-56-39-18-14-13-17-38(37)39)50(69)55-23-27-60(43(63)9-2)46(34(5)6)47(52)66/h10-18,32-35,40-41,46,56,61H,8-9,19-31,51H2,1-7H3,(H2,52,66)(H,53,67)(H,54,68)(H,55,69)/t35-,40-,41-,46-/m0/s1. The third kappa shape index (κ3) is 17.0. The summed E-state index contributed by atoms with van der Waals surface area (Å²) in [5.74, 6) is -3.90. The molecule has 0 fully saturated rings. The molecule has 1 heterocycles. The second kappa shape index (κ2) is 28.9. The average Bonchev–Trinajstić information content (AvgIpc) is 3.73. The molecule has 4 atom stereocenters. The number of aliphatic hydroxyl groups is 1. The molecule has 0 unspecified atom stereocenters. The van der Waals surface area contributed by atoms with Crippen LogP contribution in [0.3, 0.4) is 0 Å². The van der Waals surface area contributed by atoms with Crippen molar-refractivity contribution in [2.24, 2.45) is 23.3 Å². The number of nitrogens with one attached hydrogen (secondary N) is 4. The van der Waals surface area contributed by atoms with Crippen LogP contribution in [0.5, 0.6) is 0 Å². The van der Waals surface area contributed by atoms with Crippen molar-refractivity contribution in [3.8, 4) is 0 Å². The number of carbonyl (C=O) groups is 8. The molecule has 2 aromatic carbocycles.